The lowest BCUT2D eigenvalue weighted by molar-refractivity contribution is 0.0428. The minimum Gasteiger partial charge on any atom is -0.393 e. The number of aliphatic hydroxyl groups excluding tert-OH is 1. The van der Waals surface area contributed by atoms with Crippen LogP contribution < -0.4 is 0 Å². The molecule has 4 bridgehead atoms. The third-order valence-electron chi connectivity index (χ3n) is 6.46. The molecule has 96 valence electrons. The van der Waals surface area contributed by atoms with Gasteiger partial charge >= 0.3 is 0 Å². The van der Waals surface area contributed by atoms with Crippen LogP contribution in [-0.2, 0) is 0 Å². The van der Waals surface area contributed by atoms with Crippen LogP contribution >= 0.6 is 0 Å². The van der Waals surface area contributed by atoms with E-state index in [0.29, 0.717) is 10.8 Å². The number of hydrogen-bond donors (Lipinski definition) is 2. The number of aliphatic hydroxyl groups is 2. The molecule has 4 aliphatic rings. The Bertz CT molecular complexity index is 359. The van der Waals surface area contributed by atoms with Crippen molar-refractivity contribution in [3.8, 4) is 0 Å². The summed E-state index contributed by atoms with van der Waals surface area (Å²) in [5.74, 6) is 2.87. The fourth-order valence-electron chi connectivity index (χ4n) is 5.03. The largest absolute Gasteiger partial charge is 0.393 e. The Morgan fingerprint density at radius 3 is 2.29 bits per heavy atom. The van der Waals surface area contributed by atoms with Crippen LogP contribution in [0, 0.1) is 28.6 Å². The van der Waals surface area contributed by atoms with Crippen molar-refractivity contribution in [3.05, 3.63) is 12.2 Å². The second-order valence-electron chi connectivity index (χ2n) is 7.20. The summed E-state index contributed by atoms with van der Waals surface area (Å²) in [4.78, 5) is 0. The van der Waals surface area contributed by atoms with E-state index in [9.17, 15) is 5.11 Å². The molecular weight excluding hydrogens is 212 g/mol. The first-order valence-corrected chi connectivity index (χ1v) is 6.86. The van der Waals surface area contributed by atoms with E-state index in [-0.39, 0.29) is 6.61 Å². The highest BCUT2D eigenvalue weighted by Gasteiger charge is 2.80. The molecule has 4 fully saturated rings. The Kier molecular flexibility index (Phi) is 2.18. The first-order chi connectivity index (χ1) is 7.85. The van der Waals surface area contributed by atoms with Crippen LogP contribution in [-0.4, -0.2) is 22.4 Å². The maximum atomic E-state index is 9.76. The standard InChI is InChI=1S/C15H24O2/c1-13(17,9-16)5-4-6-14(2)10-7-11-12(8-10)15(11,14)3/h4-5,10-12,16-17H,6-9H2,1-3H3/b5-4+/t10?,11-,12+,13-,14-,15?/m1/s1. The lowest BCUT2D eigenvalue weighted by atomic mass is 9.71. The monoisotopic (exact) mass is 236 g/mol. The third kappa shape index (κ3) is 1.29. The molecule has 0 aliphatic heterocycles. The molecule has 0 amide bonds. The Labute approximate surface area is 104 Å². The summed E-state index contributed by atoms with van der Waals surface area (Å²) in [6.45, 7) is 6.35. The Balaban J connectivity index is 1.71. The van der Waals surface area contributed by atoms with Crippen molar-refractivity contribution in [3.63, 3.8) is 0 Å². The van der Waals surface area contributed by atoms with E-state index in [1.807, 2.05) is 0 Å². The van der Waals surface area contributed by atoms with Gasteiger partial charge in [-0.3, -0.25) is 0 Å². The van der Waals surface area contributed by atoms with Gasteiger partial charge in [0, 0.05) is 0 Å². The highest BCUT2D eigenvalue weighted by atomic mass is 16.3. The van der Waals surface area contributed by atoms with Gasteiger partial charge in [0.2, 0.25) is 0 Å². The number of hydrogen-bond acceptors (Lipinski definition) is 2. The zero-order valence-corrected chi connectivity index (χ0v) is 11.1. The number of allylic oxidation sites excluding steroid dienone is 1. The summed E-state index contributed by atoms with van der Waals surface area (Å²) in [5.41, 5.74) is -0.0424. The van der Waals surface area contributed by atoms with E-state index in [4.69, 9.17) is 5.11 Å². The topological polar surface area (TPSA) is 40.5 Å². The molecule has 2 nitrogen and oxygen atoms in total. The van der Waals surface area contributed by atoms with Gasteiger partial charge in [0.15, 0.2) is 0 Å². The first-order valence-electron chi connectivity index (χ1n) is 6.86. The van der Waals surface area contributed by atoms with Crippen molar-refractivity contribution in [2.75, 3.05) is 6.61 Å². The van der Waals surface area contributed by atoms with Crippen LogP contribution in [0.2, 0.25) is 0 Å². The summed E-state index contributed by atoms with van der Waals surface area (Å²) in [6.07, 6.45) is 7.79. The van der Waals surface area contributed by atoms with Crippen molar-refractivity contribution in [2.45, 2.75) is 45.6 Å². The molecule has 0 aromatic heterocycles. The van der Waals surface area contributed by atoms with Gasteiger partial charge in [0.1, 0.15) is 5.60 Å². The Morgan fingerprint density at radius 2 is 1.88 bits per heavy atom. The SMILES string of the molecule is CC12[C@@H]3CC(C[C@@H]31)[C@@]2(C)C/C=C/[C@@](C)(O)CO. The normalized spacial score (nSPS) is 54.3. The van der Waals surface area contributed by atoms with Gasteiger partial charge in [0.25, 0.3) is 0 Å². The van der Waals surface area contributed by atoms with Gasteiger partial charge in [-0.25, -0.2) is 0 Å². The van der Waals surface area contributed by atoms with Gasteiger partial charge in [-0.2, -0.15) is 0 Å². The van der Waals surface area contributed by atoms with Gasteiger partial charge < -0.3 is 10.2 Å². The molecule has 4 rings (SSSR count). The molecule has 0 saturated heterocycles. The predicted octanol–water partition coefficient (Wildman–Crippen LogP) is 2.36. The van der Waals surface area contributed by atoms with Crippen molar-refractivity contribution in [1.82, 2.24) is 0 Å². The van der Waals surface area contributed by atoms with Gasteiger partial charge in [-0.1, -0.05) is 26.0 Å². The van der Waals surface area contributed by atoms with Crippen molar-refractivity contribution < 1.29 is 10.2 Å². The van der Waals surface area contributed by atoms with Crippen LogP contribution in [0.25, 0.3) is 0 Å². The van der Waals surface area contributed by atoms with Crippen molar-refractivity contribution in [1.29, 1.82) is 0 Å². The minimum absolute atomic E-state index is 0.202. The highest BCUT2D eigenvalue weighted by Crippen LogP contribution is 2.86. The first kappa shape index (κ1) is 11.7. The van der Waals surface area contributed by atoms with Crippen molar-refractivity contribution in [2.24, 2.45) is 28.6 Å². The second kappa shape index (κ2) is 3.16. The summed E-state index contributed by atoms with van der Waals surface area (Å²) in [7, 11) is 0. The molecule has 2 N–H and O–H groups in total. The van der Waals surface area contributed by atoms with Crippen LogP contribution in [0.3, 0.4) is 0 Å². The molecule has 0 radical (unpaired) electrons. The quantitative estimate of drug-likeness (QED) is 0.736. The van der Waals surface area contributed by atoms with Crippen molar-refractivity contribution >= 4 is 0 Å². The van der Waals surface area contributed by atoms with E-state index >= 15 is 0 Å². The Morgan fingerprint density at radius 1 is 1.29 bits per heavy atom. The van der Waals surface area contributed by atoms with E-state index in [1.165, 1.54) is 12.8 Å². The van der Waals surface area contributed by atoms with Crippen LogP contribution in [0.15, 0.2) is 12.2 Å². The molecule has 0 aromatic rings. The fourth-order valence-corrected chi connectivity index (χ4v) is 5.03. The predicted molar refractivity (Wildman–Crippen MR) is 67.4 cm³/mol. The van der Waals surface area contributed by atoms with Gasteiger partial charge in [-0.15, -0.1) is 0 Å². The average molecular weight is 236 g/mol. The molecule has 6 atom stereocenters. The second-order valence-corrected chi connectivity index (χ2v) is 7.20. The molecule has 0 heterocycles. The maximum Gasteiger partial charge on any atom is 0.103 e. The van der Waals surface area contributed by atoms with Crippen LogP contribution in [0.4, 0.5) is 0 Å². The third-order valence-corrected chi connectivity index (χ3v) is 6.46. The summed E-state index contributed by atoms with van der Waals surface area (Å²) in [5, 5.41) is 18.8. The van der Waals surface area contributed by atoms with E-state index < -0.39 is 5.60 Å². The molecule has 0 aromatic carbocycles. The van der Waals surface area contributed by atoms with E-state index in [2.05, 4.69) is 19.9 Å². The maximum absolute atomic E-state index is 9.76. The number of rotatable bonds is 4. The lowest BCUT2D eigenvalue weighted by Gasteiger charge is -2.33. The summed E-state index contributed by atoms with van der Waals surface area (Å²) in [6, 6.07) is 0. The van der Waals surface area contributed by atoms with Gasteiger partial charge in [0.05, 0.1) is 6.61 Å². The smallest absolute Gasteiger partial charge is 0.103 e. The molecule has 4 aliphatic carbocycles. The van der Waals surface area contributed by atoms with Crippen LogP contribution in [0.5, 0.6) is 0 Å². The molecule has 2 heteroatoms. The van der Waals surface area contributed by atoms with Crippen LogP contribution in [0.1, 0.15) is 40.0 Å². The van der Waals surface area contributed by atoms with E-state index in [0.717, 1.165) is 24.2 Å². The van der Waals surface area contributed by atoms with E-state index in [1.54, 1.807) is 13.0 Å². The zero-order valence-electron chi connectivity index (χ0n) is 11.1. The molecule has 17 heavy (non-hydrogen) atoms. The molecule has 0 spiro atoms. The lowest BCUT2D eigenvalue weighted by Crippen LogP contribution is -2.28. The average Bonchev–Trinajstić information content (AvgIpc) is 2.63. The fraction of sp³-hybridized carbons (Fsp3) is 0.867. The molecule has 2 unspecified atom stereocenters. The minimum atomic E-state index is -1.05. The highest BCUT2D eigenvalue weighted by molar-refractivity contribution is 5.29. The summed E-state index contributed by atoms with van der Waals surface area (Å²) >= 11 is 0. The van der Waals surface area contributed by atoms with Gasteiger partial charge in [-0.05, 0) is 54.8 Å². The Hall–Kier alpha value is -0.340. The molecule has 4 saturated carbocycles. The zero-order chi connectivity index (χ0) is 12.5. The molecular formula is C15H24O2. The summed E-state index contributed by atoms with van der Waals surface area (Å²) < 4.78 is 0.